The summed E-state index contributed by atoms with van der Waals surface area (Å²) >= 11 is 0. The van der Waals surface area contributed by atoms with E-state index in [1.165, 1.54) is 49.2 Å². The Morgan fingerprint density at radius 2 is 1.85 bits per heavy atom. The van der Waals surface area contributed by atoms with Crippen LogP contribution in [0.2, 0.25) is 0 Å². The number of sulfonamides is 1. The molecule has 0 unspecified atom stereocenters. The zero-order valence-corrected chi connectivity index (χ0v) is 17.0. The zero-order chi connectivity index (χ0) is 18.3. The van der Waals surface area contributed by atoms with E-state index < -0.39 is 10.0 Å². The Labute approximate surface area is 157 Å². The van der Waals surface area contributed by atoms with Gasteiger partial charge in [-0.3, -0.25) is 4.90 Å². The first kappa shape index (κ1) is 18.4. The quantitative estimate of drug-likeness (QED) is 0.803. The number of piperidine rings is 1. The van der Waals surface area contributed by atoms with Gasteiger partial charge in [-0.05, 0) is 63.8 Å². The predicted molar refractivity (Wildman–Crippen MR) is 103 cm³/mol. The largest absolute Gasteiger partial charge is 0.334 e. The minimum atomic E-state index is -3.07. The summed E-state index contributed by atoms with van der Waals surface area (Å²) in [7, 11) is -0.879. The van der Waals surface area contributed by atoms with Crippen LogP contribution in [0.25, 0.3) is 0 Å². The van der Waals surface area contributed by atoms with Gasteiger partial charge in [0.25, 0.3) is 0 Å². The Balaban J connectivity index is 1.48. The first-order valence-electron chi connectivity index (χ1n) is 10.2. The number of hydrogen-bond donors (Lipinski definition) is 0. The molecule has 6 nitrogen and oxygen atoms in total. The fourth-order valence-electron chi connectivity index (χ4n) is 5.15. The monoisotopic (exact) mass is 380 g/mol. The van der Waals surface area contributed by atoms with Crippen LogP contribution in [0.5, 0.6) is 0 Å². The lowest BCUT2D eigenvalue weighted by atomic mass is 9.98. The number of rotatable bonds is 4. The van der Waals surface area contributed by atoms with E-state index in [-0.39, 0.29) is 0 Å². The maximum absolute atomic E-state index is 11.9. The summed E-state index contributed by atoms with van der Waals surface area (Å²) in [5, 5.41) is 0. The van der Waals surface area contributed by atoms with Crippen molar-refractivity contribution in [2.45, 2.75) is 57.4 Å². The summed E-state index contributed by atoms with van der Waals surface area (Å²) in [5.74, 6) is 1.68. The second-order valence-electron chi connectivity index (χ2n) is 8.41. The molecule has 0 aromatic carbocycles. The maximum atomic E-state index is 11.9. The van der Waals surface area contributed by atoms with Gasteiger partial charge < -0.3 is 4.57 Å². The van der Waals surface area contributed by atoms with Crippen LogP contribution in [0.1, 0.15) is 61.8 Å². The van der Waals surface area contributed by atoms with Crippen molar-refractivity contribution in [3.8, 4) is 0 Å². The van der Waals surface area contributed by atoms with Gasteiger partial charge in [0.05, 0.1) is 18.0 Å². The van der Waals surface area contributed by atoms with E-state index in [2.05, 4.69) is 16.5 Å². The molecule has 2 saturated heterocycles. The van der Waals surface area contributed by atoms with Crippen LogP contribution >= 0.6 is 0 Å². The molecule has 2 atom stereocenters. The van der Waals surface area contributed by atoms with Crippen molar-refractivity contribution in [3.05, 3.63) is 17.2 Å². The summed E-state index contributed by atoms with van der Waals surface area (Å²) in [6.45, 7) is 3.47. The van der Waals surface area contributed by atoms with Crippen LogP contribution in [-0.4, -0.2) is 59.6 Å². The zero-order valence-electron chi connectivity index (χ0n) is 16.2. The van der Waals surface area contributed by atoms with Crippen LogP contribution in [0, 0.1) is 5.92 Å². The van der Waals surface area contributed by atoms with E-state index in [0.29, 0.717) is 25.0 Å². The predicted octanol–water partition coefficient (Wildman–Crippen LogP) is 2.11. The highest BCUT2D eigenvalue weighted by Gasteiger charge is 2.34. The molecule has 0 amide bonds. The molecule has 1 aliphatic carbocycles. The summed E-state index contributed by atoms with van der Waals surface area (Å²) in [6, 6.07) is 0.402. The maximum Gasteiger partial charge on any atom is 0.211 e. The molecular weight excluding hydrogens is 348 g/mol. The van der Waals surface area contributed by atoms with E-state index in [1.807, 2.05) is 0 Å². The molecule has 0 radical (unpaired) electrons. The lowest BCUT2D eigenvalue weighted by Gasteiger charge is -2.35. The highest BCUT2D eigenvalue weighted by molar-refractivity contribution is 7.88. The molecule has 7 heteroatoms. The lowest BCUT2D eigenvalue weighted by Crippen LogP contribution is -2.43. The van der Waals surface area contributed by atoms with Crippen LogP contribution in [0.15, 0.2) is 0 Å². The number of likely N-dealkylation sites (tertiary alicyclic amines) is 1. The van der Waals surface area contributed by atoms with Crippen molar-refractivity contribution < 1.29 is 8.42 Å². The number of imidazole rings is 1. The van der Waals surface area contributed by atoms with Crippen LogP contribution < -0.4 is 0 Å². The van der Waals surface area contributed by atoms with Crippen LogP contribution in [-0.2, 0) is 29.9 Å². The molecule has 0 saturated carbocycles. The van der Waals surface area contributed by atoms with E-state index in [9.17, 15) is 8.42 Å². The molecule has 2 fully saturated rings. The van der Waals surface area contributed by atoms with Gasteiger partial charge in [0.1, 0.15) is 5.82 Å². The number of aryl methyl sites for hydroxylation is 1. The molecule has 4 rings (SSSR count). The molecule has 0 spiro atoms. The van der Waals surface area contributed by atoms with Crippen molar-refractivity contribution >= 4 is 10.0 Å². The van der Waals surface area contributed by atoms with Crippen molar-refractivity contribution in [2.24, 2.45) is 13.0 Å². The first-order chi connectivity index (χ1) is 12.4. The van der Waals surface area contributed by atoms with Gasteiger partial charge in [0, 0.05) is 32.4 Å². The first-order valence-corrected chi connectivity index (χ1v) is 12.0. The van der Waals surface area contributed by atoms with Crippen molar-refractivity contribution in [2.75, 3.05) is 32.4 Å². The summed E-state index contributed by atoms with van der Waals surface area (Å²) in [6.07, 6.45) is 10.7. The third-order valence-corrected chi connectivity index (χ3v) is 7.78. The van der Waals surface area contributed by atoms with E-state index in [0.717, 1.165) is 38.8 Å². The third kappa shape index (κ3) is 3.58. The van der Waals surface area contributed by atoms with Crippen molar-refractivity contribution in [1.82, 2.24) is 18.8 Å². The minimum absolute atomic E-state index is 0.402. The number of hydrogen-bond acceptors (Lipinski definition) is 4. The third-order valence-electron chi connectivity index (χ3n) is 6.51. The molecule has 3 aliphatic rings. The average molecular weight is 381 g/mol. The second-order valence-corrected chi connectivity index (χ2v) is 10.4. The summed E-state index contributed by atoms with van der Waals surface area (Å²) in [5.41, 5.74) is 2.76. The van der Waals surface area contributed by atoms with E-state index in [1.54, 1.807) is 4.31 Å². The Morgan fingerprint density at radius 1 is 1.08 bits per heavy atom. The molecular formula is C19H32N4O2S. The molecule has 1 aromatic rings. The van der Waals surface area contributed by atoms with E-state index in [4.69, 9.17) is 4.98 Å². The SMILES string of the molecule is Cn1c([C@@H]2CCCN2C[C@@H]2CCCN(S(C)(=O)=O)C2)nc2c1CCCC2. The Kier molecular flexibility index (Phi) is 5.14. The van der Waals surface area contributed by atoms with Gasteiger partial charge in [-0.15, -0.1) is 0 Å². The number of fused-ring (bicyclic) bond motifs is 1. The second kappa shape index (κ2) is 7.24. The van der Waals surface area contributed by atoms with Crippen LogP contribution in [0.3, 0.4) is 0 Å². The fourth-order valence-corrected chi connectivity index (χ4v) is 6.09. The fraction of sp³-hybridized carbons (Fsp3) is 0.842. The van der Waals surface area contributed by atoms with Gasteiger partial charge >= 0.3 is 0 Å². The minimum Gasteiger partial charge on any atom is -0.334 e. The molecule has 0 bridgehead atoms. The Hall–Kier alpha value is -0.920. The average Bonchev–Trinajstić information content (AvgIpc) is 3.19. The van der Waals surface area contributed by atoms with Gasteiger partial charge in [0.2, 0.25) is 10.0 Å². The molecule has 1 aromatic heterocycles. The van der Waals surface area contributed by atoms with Gasteiger partial charge in [-0.25, -0.2) is 17.7 Å². The smallest absolute Gasteiger partial charge is 0.211 e. The number of nitrogens with zero attached hydrogens (tertiary/aromatic N) is 4. The highest BCUT2D eigenvalue weighted by atomic mass is 32.2. The number of aromatic nitrogens is 2. The van der Waals surface area contributed by atoms with Gasteiger partial charge in [-0.1, -0.05) is 0 Å². The van der Waals surface area contributed by atoms with Gasteiger partial charge in [0.15, 0.2) is 0 Å². The van der Waals surface area contributed by atoms with Gasteiger partial charge in [-0.2, -0.15) is 0 Å². The molecule has 0 N–H and O–H groups in total. The molecule has 3 heterocycles. The summed E-state index contributed by atoms with van der Waals surface area (Å²) < 4.78 is 27.9. The topological polar surface area (TPSA) is 58.4 Å². The highest BCUT2D eigenvalue weighted by Crippen LogP contribution is 2.35. The standard InChI is InChI=1S/C19H32N4O2S/c1-21-17-9-4-3-8-16(17)20-19(21)18-10-6-11-22(18)13-15-7-5-12-23(14-15)26(2,24)25/h15,18H,3-14H2,1-2H3/t15-,18-/m0/s1. The van der Waals surface area contributed by atoms with E-state index >= 15 is 0 Å². The lowest BCUT2D eigenvalue weighted by molar-refractivity contribution is 0.163. The molecule has 146 valence electrons. The molecule has 2 aliphatic heterocycles. The van der Waals surface area contributed by atoms with Crippen molar-refractivity contribution in [1.29, 1.82) is 0 Å². The van der Waals surface area contributed by atoms with Crippen molar-refractivity contribution in [3.63, 3.8) is 0 Å². The summed E-state index contributed by atoms with van der Waals surface area (Å²) in [4.78, 5) is 7.62. The molecule has 26 heavy (non-hydrogen) atoms. The normalized spacial score (nSPS) is 28.4. The van der Waals surface area contributed by atoms with Crippen LogP contribution in [0.4, 0.5) is 0 Å². The Morgan fingerprint density at radius 3 is 2.62 bits per heavy atom. The Bertz CT molecular complexity index is 758.